The van der Waals surface area contributed by atoms with Crippen LogP contribution in [0.25, 0.3) is 22.2 Å². The van der Waals surface area contributed by atoms with Gasteiger partial charge in [-0.3, -0.25) is 24.5 Å². The van der Waals surface area contributed by atoms with E-state index in [1.165, 1.54) is 11.0 Å². The first-order valence-electron chi connectivity index (χ1n) is 19.3. The number of allylic oxidation sites excluding steroid dienone is 1. The molecule has 1 fully saturated rings. The average molecular weight is 792 g/mol. The summed E-state index contributed by atoms with van der Waals surface area (Å²) in [5.74, 6) is 6.00. The number of aromatic nitrogens is 3. The van der Waals surface area contributed by atoms with E-state index in [0.717, 1.165) is 39.0 Å². The van der Waals surface area contributed by atoms with Crippen LogP contribution in [0.1, 0.15) is 47.2 Å². The van der Waals surface area contributed by atoms with Gasteiger partial charge in [0.1, 0.15) is 11.8 Å². The Morgan fingerprint density at radius 2 is 1.95 bits per heavy atom. The Hall–Kier alpha value is -7.40. The van der Waals surface area contributed by atoms with Crippen molar-refractivity contribution in [2.24, 2.45) is 7.05 Å². The fourth-order valence-electron chi connectivity index (χ4n) is 7.29. The number of unbranched alkanes of at least 4 members (excludes halogenated alkanes) is 1. The molecule has 7 rings (SSSR count). The van der Waals surface area contributed by atoms with Crippen molar-refractivity contribution in [1.82, 2.24) is 30.1 Å². The maximum atomic E-state index is 13.1. The highest BCUT2D eigenvalue weighted by atomic mass is 16.5. The van der Waals surface area contributed by atoms with Crippen LogP contribution < -0.4 is 30.9 Å². The van der Waals surface area contributed by atoms with Crippen molar-refractivity contribution in [1.29, 1.82) is 0 Å². The molecule has 1 saturated heterocycles. The van der Waals surface area contributed by atoms with E-state index >= 15 is 0 Å². The Bertz CT molecular complexity index is 2550. The SMILES string of the molecule is C=CC(=O)Nc1cc(Nc2nccc(-c3cn(C)c4ccccc34)n2)c(OC)cc1N(C)CCNC=CCCC#Cc1cccc2c1CN(C1CCC(=O)NC1=O)C2=O. The number of imide groups is 1. The maximum Gasteiger partial charge on any atom is 0.255 e. The van der Waals surface area contributed by atoms with Gasteiger partial charge in [0.25, 0.3) is 5.91 Å². The highest BCUT2D eigenvalue weighted by molar-refractivity contribution is 6.06. The molecule has 1 unspecified atom stereocenters. The second-order valence-electron chi connectivity index (χ2n) is 14.2. The third-order valence-electron chi connectivity index (χ3n) is 10.3. The number of nitrogens with zero attached hydrogens (tertiary/aromatic N) is 5. The number of likely N-dealkylation sites (N-methyl/N-ethyl adjacent to an activating group) is 1. The standard InChI is InChI=1S/C45H45N9O5/c1-5-41(55)48-35-25-36(50-45-47-22-20-34(49-45)33-27-53(3)37-17-10-9-15-30(33)37)40(59-4)26-39(35)52(2)24-23-46-21-11-7-6-8-13-29-14-12-16-31-32(29)28-54(44(31)58)38-18-19-42(56)51-43(38)57/h5,9-12,14-17,20-22,25-27,38,46H,1,6-7,18-19,23-24,28H2,2-4H3,(H,48,55)(H,47,49,50)(H,51,56,57). The third kappa shape index (κ3) is 8.79. The lowest BCUT2D eigenvalue weighted by Gasteiger charge is -2.29. The molecule has 5 aromatic rings. The number of carbonyl (C=O) groups is 4. The Balaban J connectivity index is 0.949. The number of rotatable bonds is 14. The van der Waals surface area contributed by atoms with E-state index in [4.69, 9.17) is 9.72 Å². The summed E-state index contributed by atoms with van der Waals surface area (Å²) in [5.41, 5.74) is 6.83. The lowest BCUT2D eigenvalue weighted by molar-refractivity contribution is -0.137. The first-order chi connectivity index (χ1) is 28.6. The van der Waals surface area contributed by atoms with Gasteiger partial charge >= 0.3 is 0 Å². The molecular weight excluding hydrogens is 747 g/mol. The van der Waals surface area contributed by atoms with Crippen LogP contribution in [0.3, 0.4) is 0 Å². The summed E-state index contributed by atoms with van der Waals surface area (Å²) >= 11 is 0. The summed E-state index contributed by atoms with van der Waals surface area (Å²) in [6.45, 7) is 5.12. The highest BCUT2D eigenvalue weighted by Gasteiger charge is 2.39. The van der Waals surface area contributed by atoms with Crippen molar-refractivity contribution in [2.45, 2.75) is 38.3 Å². The lowest BCUT2D eigenvalue weighted by Crippen LogP contribution is -2.52. The molecule has 14 heteroatoms. The van der Waals surface area contributed by atoms with Crippen molar-refractivity contribution < 1.29 is 23.9 Å². The van der Waals surface area contributed by atoms with E-state index in [9.17, 15) is 19.2 Å². The number of nitrogens with one attached hydrogen (secondary N) is 4. The molecule has 14 nitrogen and oxygen atoms in total. The van der Waals surface area contributed by atoms with Gasteiger partial charge in [-0.1, -0.05) is 48.8 Å². The van der Waals surface area contributed by atoms with Crippen LogP contribution in [0.5, 0.6) is 5.75 Å². The number of hydrogen-bond donors (Lipinski definition) is 4. The Labute approximate surface area is 342 Å². The molecule has 300 valence electrons. The van der Waals surface area contributed by atoms with Gasteiger partial charge in [-0.15, -0.1) is 0 Å². The topological polar surface area (TPSA) is 163 Å². The van der Waals surface area contributed by atoms with Gasteiger partial charge in [-0.25, -0.2) is 9.97 Å². The molecule has 4 amide bonds. The quantitative estimate of drug-likeness (QED) is 0.0479. The molecular formula is C45H45N9O5. The summed E-state index contributed by atoms with van der Waals surface area (Å²) in [5, 5.41) is 13.0. The van der Waals surface area contributed by atoms with Crippen LogP contribution >= 0.6 is 0 Å². The number of amides is 4. The fourth-order valence-corrected chi connectivity index (χ4v) is 7.29. The van der Waals surface area contributed by atoms with Gasteiger partial charge in [-0.2, -0.15) is 0 Å². The Morgan fingerprint density at radius 3 is 2.76 bits per heavy atom. The molecule has 59 heavy (non-hydrogen) atoms. The number of carbonyl (C=O) groups excluding carboxylic acids is 4. The third-order valence-corrected chi connectivity index (χ3v) is 10.3. The molecule has 2 aliphatic rings. The average Bonchev–Trinajstić information content (AvgIpc) is 3.76. The zero-order chi connectivity index (χ0) is 41.5. The van der Waals surface area contributed by atoms with Crippen LogP contribution in [-0.4, -0.2) is 76.4 Å². The molecule has 3 aromatic carbocycles. The van der Waals surface area contributed by atoms with Crippen molar-refractivity contribution in [2.75, 3.05) is 42.8 Å². The van der Waals surface area contributed by atoms with Crippen LogP contribution in [0.15, 0.2) is 98.0 Å². The molecule has 4 N–H and O–H groups in total. The van der Waals surface area contributed by atoms with Gasteiger partial charge in [0.05, 0.1) is 29.9 Å². The lowest BCUT2D eigenvalue weighted by atomic mass is 10.0. The first kappa shape index (κ1) is 39.8. The molecule has 0 spiro atoms. The number of aryl methyl sites for hydroxylation is 1. The van der Waals surface area contributed by atoms with E-state index in [1.54, 1.807) is 31.5 Å². The van der Waals surface area contributed by atoms with Crippen LogP contribution in [0.2, 0.25) is 0 Å². The van der Waals surface area contributed by atoms with Crippen molar-refractivity contribution >= 4 is 57.5 Å². The number of hydrogen-bond acceptors (Lipinski definition) is 10. The smallest absolute Gasteiger partial charge is 0.255 e. The molecule has 0 radical (unpaired) electrons. The second kappa shape index (κ2) is 17.8. The molecule has 2 aromatic heterocycles. The number of methoxy groups -OCH3 is 1. The van der Waals surface area contributed by atoms with Crippen molar-refractivity contribution in [3.63, 3.8) is 0 Å². The molecule has 0 aliphatic carbocycles. The molecule has 0 bridgehead atoms. The van der Waals surface area contributed by atoms with Gasteiger partial charge in [0.2, 0.25) is 23.7 Å². The minimum absolute atomic E-state index is 0.210. The molecule has 0 saturated carbocycles. The summed E-state index contributed by atoms with van der Waals surface area (Å²) < 4.78 is 7.86. The number of para-hydroxylation sites is 1. The van der Waals surface area contributed by atoms with E-state index in [1.807, 2.05) is 61.6 Å². The van der Waals surface area contributed by atoms with E-state index in [-0.39, 0.29) is 30.7 Å². The van der Waals surface area contributed by atoms with Gasteiger partial charge in [-0.05, 0) is 61.0 Å². The molecule has 1 atom stereocenters. The van der Waals surface area contributed by atoms with Crippen LogP contribution in [-0.2, 0) is 28.0 Å². The van der Waals surface area contributed by atoms with E-state index in [0.29, 0.717) is 61.0 Å². The Morgan fingerprint density at radius 1 is 1.10 bits per heavy atom. The monoisotopic (exact) mass is 791 g/mol. The van der Waals surface area contributed by atoms with Gasteiger partial charge in [0.15, 0.2) is 0 Å². The maximum absolute atomic E-state index is 13.1. The first-order valence-corrected chi connectivity index (χ1v) is 19.3. The summed E-state index contributed by atoms with van der Waals surface area (Å²) in [6.07, 6.45) is 10.7. The normalized spacial score (nSPS) is 14.7. The predicted molar refractivity (Wildman–Crippen MR) is 228 cm³/mol. The van der Waals surface area contributed by atoms with Crippen LogP contribution in [0.4, 0.5) is 23.0 Å². The number of benzene rings is 3. The zero-order valence-electron chi connectivity index (χ0n) is 33.2. The molecule has 4 heterocycles. The van der Waals surface area contributed by atoms with Crippen LogP contribution in [0, 0.1) is 11.8 Å². The van der Waals surface area contributed by atoms with Crippen molar-refractivity contribution in [3.8, 4) is 28.8 Å². The second-order valence-corrected chi connectivity index (χ2v) is 14.2. The summed E-state index contributed by atoms with van der Waals surface area (Å²) in [6, 6.07) is 18.5. The van der Waals surface area contributed by atoms with E-state index in [2.05, 4.69) is 67.6 Å². The van der Waals surface area contributed by atoms with Crippen molar-refractivity contribution in [3.05, 3.63) is 115 Å². The number of ether oxygens (including phenoxy) is 1. The minimum Gasteiger partial charge on any atom is -0.494 e. The summed E-state index contributed by atoms with van der Waals surface area (Å²) in [4.78, 5) is 62.5. The number of fused-ring (bicyclic) bond motifs is 2. The highest BCUT2D eigenvalue weighted by Crippen LogP contribution is 2.38. The minimum atomic E-state index is -0.663. The molecule has 2 aliphatic heterocycles. The Kier molecular flexibility index (Phi) is 12.0. The number of piperidine rings is 1. The van der Waals surface area contributed by atoms with E-state index < -0.39 is 11.9 Å². The fraction of sp³-hybridized carbons (Fsp3) is 0.244. The summed E-state index contributed by atoms with van der Waals surface area (Å²) in [7, 11) is 5.52. The largest absolute Gasteiger partial charge is 0.494 e. The van der Waals surface area contributed by atoms with Gasteiger partial charge in [0, 0.05) is 92.6 Å². The van der Waals surface area contributed by atoms with Gasteiger partial charge < -0.3 is 35.1 Å². The predicted octanol–water partition coefficient (Wildman–Crippen LogP) is 5.64. The number of anilines is 4. The zero-order valence-corrected chi connectivity index (χ0v) is 33.2.